The molecule has 0 spiro atoms. The van der Waals surface area contributed by atoms with E-state index in [1.165, 1.54) is 0 Å². The molecule has 0 aliphatic carbocycles. The summed E-state index contributed by atoms with van der Waals surface area (Å²) in [6.07, 6.45) is 1.71. The predicted molar refractivity (Wildman–Crippen MR) is 93.2 cm³/mol. The maximum Gasteiger partial charge on any atom is 0.320 e. The van der Waals surface area contributed by atoms with Crippen molar-refractivity contribution in [2.75, 3.05) is 0 Å². The Morgan fingerprint density at radius 2 is 1.61 bits per heavy atom. The molecule has 124 valence electrons. The number of rotatable bonds is 3. The fourth-order valence-corrected chi connectivity index (χ4v) is 2.09. The van der Waals surface area contributed by atoms with Crippen molar-refractivity contribution < 1.29 is 9.47 Å². The number of hydrogen-bond acceptors (Lipinski definition) is 4. The second-order valence-corrected chi connectivity index (χ2v) is 7.75. The average molecular weight is 335 g/mol. The first kappa shape index (κ1) is 17.5. The molecule has 0 unspecified atom stereocenters. The Morgan fingerprint density at radius 1 is 0.957 bits per heavy atom. The maximum atomic E-state index is 6.09. The molecule has 0 saturated heterocycles. The van der Waals surface area contributed by atoms with Gasteiger partial charge in [-0.3, -0.25) is 0 Å². The average Bonchev–Trinajstić information content (AvgIpc) is 2.35. The summed E-state index contributed by atoms with van der Waals surface area (Å²) in [5.74, 6) is 0.481. The summed E-state index contributed by atoms with van der Waals surface area (Å²) in [5, 5.41) is 0.652. The third-order valence-electron chi connectivity index (χ3n) is 2.67. The van der Waals surface area contributed by atoms with Crippen molar-refractivity contribution in [2.24, 2.45) is 0 Å². The molecule has 0 fully saturated rings. The van der Waals surface area contributed by atoms with E-state index < -0.39 is 0 Å². The lowest BCUT2D eigenvalue weighted by molar-refractivity contribution is 0.103. The second-order valence-electron chi connectivity index (χ2n) is 7.31. The van der Waals surface area contributed by atoms with E-state index in [4.69, 9.17) is 21.1 Å². The van der Waals surface area contributed by atoms with Gasteiger partial charge < -0.3 is 9.47 Å². The van der Waals surface area contributed by atoms with Crippen LogP contribution in [0.15, 0.2) is 30.5 Å². The zero-order valence-corrected chi connectivity index (χ0v) is 15.2. The van der Waals surface area contributed by atoms with Crippen molar-refractivity contribution in [3.63, 3.8) is 0 Å². The summed E-state index contributed by atoms with van der Waals surface area (Å²) in [6, 6.07) is 7.82. The van der Waals surface area contributed by atoms with E-state index in [1.54, 1.807) is 6.20 Å². The molecule has 2 rings (SSSR count). The number of hydrogen-bond donors (Lipinski definition) is 0. The topological polar surface area (TPSA) is 44.2 Å². The summed E-state index contributed by atoms with van der Waals surface area (Å²) < 4.78 is 11.8. The predicted octanol–water partition coefficient (Wildman–Crippen LogP) is 5.15. The van der Waals surface area contributed by atoms with Crippen LogP contribution < -0.4 is 9.47 Å². The smallest absolute Gasteiger partial charge is 0.320 e. The van der Waals surface area contributed by atoms with Crippen LogP contribution in [-0.2, 0) is 0 Å². The number of benzene rings is 1. The van der Waals surface area contributed by atoms with Gasteiger partial charge in [0.2, 0.25) is 5.88 Å². The molecular weight excluding hydrogens is 312 g/mol. The molecule has 1 aromatic carbocycles. The van der Waals surface area contributed by atoms with Crippen LogP contribution in [0.25, 0.3) is 11.1 Å². The zero-order chi connectivity index (χ0) is 17.3. The van der Waals surface area contributed by atoms with Gasteiger partial charge in [0.15, 0.2) is 0 Å². The Bertz CT molecular complexity index is 688. The molecule has 4 nitrogen and oxygen atoms in total. The third kappa shape index (κ3) is 5.39. The van der Waals surface area contributed by atoms with Crippen LogP contribution in [0.1, 0.15) is 41.5 Å². The molecule has 0 atom stereocenters. The Kier molecular flexibility index (Phi) is 4.85. The van der Waals surface area contributed by atoms with E-state index in [0.717, 1.165) is 11.1 Å². The number of ether oxygens (including phenoxy) is 2. The molecule has 5 heteroatoms. The van der Waals surface area contributed by atoms with Crippen LogP contribution in [-0.4, -0.2) is 21.2 Å². The Balaban J connectivity index is 2.48. The molecule has 0 aliphatic heterocycles. The van der Waals surface area contributed by atoms with E-state index >= 15 is 0 Å². The summed E-state index contributed by atoms with van der Waals surface area (Å²) in [5.41, 5.74) is 0.916. The van der Waals surface area contributed by atoms with Crippen LogP contribution in [0.2, 0.25) is 5.02 Å². The minimum Gasteiger partial charge on any atom is -0.471 e. The number of halogens is 1. The second kappa shape index (κ2) is 6.36. The van der Waals surface area contributed by atoms with E-state index in [9.17, 15) is 0 Å². The lowest BCUT2D eigenvalue weighted by atomic mass is 10.1. The molecule has 23 heavy (non-hydrogen) atoms. The number of aromatic nitrogens is 2. The van der Waals surface area contributed by atoms with Crippen molar-refractivity contribution in [1.82, 2.24) is 9.97 Å². The Morgan fingerprint density at radius 3 is 2.17 bits per heavy atom. The van der Waals surface area contributed by atoms with Crippen molar-refractivity contribution in [2.45, 2.75) is 52.7 Å². The van der Waals surface area contributed by atoms with E-state index in [0.29, 0.717) is 16.9 Å². The van der Waals surface area contributed by atoms with Crippen LogP contribution in [0.3, 0.4) is 0 Å². The standard InChI is InChI=1S/C18H23ClN2O2/c1-17(2,3)22-15-14(12-8-7-9-13(19)10-12)11-20-16(21-15)23-18(4,5)6/h7-11H,1-6H3. The van der Waals surface area contributed by atoms with Gasteiger partial charge in [-0.15, -0.1) is 0 Å². The molecule has 1 heterocycles. The highest BCUT2D eigenvalue weighted by molar-refractivity contribution is 6.30. The summed E-state index contributed by atoms with van der Waals surface area (Å²) in [4.78, 5) is 8.76. The van der Waals surface area contributed by atoms with E-state index in [2.05, 4.69) is 9.97 Å². The van der Waals surface area contributed by atoms with Gasteiger partial charge in [0, 0.05) is 11.2 Å². The van der Waals surface area contributed by atoms with Gasteiger partial charge in [0.1, 0.15) is 11.2 Å². The zero-order valence-electron chi connectivity index (χ0n) is 14.5. The van der Waals surface area contributed by atoms with Crippen molar-refractivity contribution in [3.8, 4) is 23.0 Å². The van der Waals surface area contributed by atoms with Crippen LogP contribution in [0, 0.1) is 0 Å². The lowest BCUT2D eigenvalue weighted by Crippen LogP contribution is -2.26. The summed E-state index contributed by atoms with van der Waals surface area (Å²) in [6.45, 7) is 11.8. The maximum absolute atomic E-state index is 6.09. The molecular formula is C18H23ClN2O2. The first-order valence-electron chi connectivity index (χ1n) is 7.54. The van der Waals surface area contributed by atoms with Gasteiger partial charge in [-0.25, -0.2) is 4.98 Å². The van der Waals surface area contributed by atoms with Crippen LogP contribution in [0.4, 0.5) is 0 Å². The van der Waals surface area contributed by atoms with Crippen molar-refractivity contribution in [3.05, 3.63) is 35.5 Å². The van der Waals surface area contributed by atoms with Gasteiger partial charge in [0.25, 0.3) is 0 Å². The molecule has 1 aromatic heterocycles. The Hall–Kier alpha value is -1.81. The quantitative estimate of drug-likeness (QED) is 0.778. The monoisotopic (exact) mass is 334 g/mol. The summed E-state index contributed by atoms with van der Waals surface area (Å²) >= 11 is 6.09. The first-order chi connectivity index (χ1) is 10.5. The highest BCUT2D eigenvalue weighted by Crippen LogP contribution is 2.33. The Labute approximate surface area is 142 Å². The number of nitrogens with zero attached hydrogens (tertiary/aromatic N) is 2. The normalized spacial score (nSPS) is 12.1. The largest absolute Gasteiger partial charge is 0.471 e. The van der Waals surface area contributed by atoms with E-state index in [-0.39, 0.29) is 11.2 Å². The summed E-state index contributed by atoms with van der Waals surface area (Å²) in [7, 11) is 0. The highest BCUT2D eigenvalue weighted by Gasteiger charge is 2.21. The van der Waals surface area contributed by atoms with Crippen molar-refractivity contribution >= 4 is 11.6 Å². The van der Waals surface area contributed by atoms with Gasteiger partial charge in [0.05, 0.1) is 5.56 Å². The van der Waals surface area contributed by atoms with Gasteiger partial charge in [-0.05, 0) is 59.2 Å². The van der Waals surface area contributed by atoms with Gasteiger partial charge >= 0.3 is 6.01 Å². The van der Waals surface area contributed by atoms with Crippen LogP contribution in [0.5, 0.6) is 11.9 Å². The molecule has 0 saturated carbocycles. The minimum absolute atomic E-state index is 0.294. The molecule has 0 radical (unpaired) electrons. The SMILES string of the molecule is CC(C)(C)Oc1ncc(-c2cccc(Cl)c2)c(OC(C)(C)C)n1. The third-order valence-corrected chi connectivity index (χ3v) is 2.90. The van der Waals surface area contributed by atoms with Crippen LogP contribution >= 0.6 is 11.6 Å². The molecule has 0 N–H and O–H groups in total. The highest BCUT2D eigenvalue weighted by atomic mass is 35.5. The molecule has 0 bridgehead atoms. The fraction of sp³-hybridized carbons (Fsp3) is 0.444. The fourth-order valence-electron chi connectivity index (χ4n) is 1.90. The minimum atomic E-state index is -0.388. The van der Waals surface area contributed by atoms with Crippen molar-refractivity contribution in [1.29, 1.82) is 0 Å². The van der Waals surface area contributed by atoms with Gasteiger partial charge in [-0.1, -0.05) is 23.7 Å². The molecule has 0 aliphatic rings. The van der Waals surface area contributed by atoms with E-state index in [1.807, 2.05) is 65.8 Å². The lowest BCUT2D eigenvalue weighted by Gasteiger charge is -2.24. The van der Waals surface area contributed by atoms with Gasteiger partial charge in [-0.2, -0.15) is 4.98 Å². The molecule has 2 aromatic rings. The first-order valence-corrected chi connectivity index (χ1v) is 7.92. The molecule has 0 amide bonds.